The SMILES string of the molecule is COc1cc(C(=O)Nc2ccc(F)cc2Cl)ccc1N. The van der Waals surface area contributed by atoms with E-state index in [1.54, 1.807) is 12.1 Å². The zero-order valence-electron chi connectivity index (χ0n) is 10.6. The number of anilines is 2. The molecule has 0 bridgehead atoms. The first-order chi connectivity index (χ1) is 9.51. The van der Waals surface area contributed by atoms with E-state index in [2.05, 4.69) is 5.32 Å². The third kappa shape index (κ3) is 3.00. The Bertz CT molecular complexity index is 662. The molecule has 4 nitrogen and oxygen atoms in total. The molecule has 2 aromatic carbocycles. The van der Waals surface area contributed by atoms with Crippen LogP contribution in [0.4, 0.5) is 15.8 Å². The van der Waals surface area contributed by atoms with Crippen molar-refractivity contribution >= 4 is 28.9 Å². The van der Waals surface area contributed by atoms with Gasteiger partial charge >= 0.3 is 0 Å². The van der Waals surface area contributed by atoms with Crippen molar-refractivity contribution in [2.75, 3.05) is 18.2 Å². The lowest BCUT2D eigenvalue weighted by Gasteiger charge is -2.09. The van der Waals surface area contributed by atoms with Crippen LogP contribution in [-0.2, 0) is 0 Å². The predicted molar refractivity (Wildman–Crippen MR) is 76.8 cm³/mol. The molecule has 0 saturated carbocycles. The van der Waals surface area contributed by atoms with Gasteiger partial charge in [0.1, 0.15) is 11.6 Å². The molecular weight excluding hydrogens is 283 g/mol. The van der Waals surface area contributed by atoms with Gasteiger partial charge in [0, 0.05) is 5.56 Å². The lowest BCUT2D eigenvalue weighted by molar-refractivity contribution is 0.102. The van der Waals surface area contributed by atoms with E-state index in [1.165, 1.54) is 25.3 Å². The number of methoxy groups -OCH3 is 1. The van der Waals surface area contributed by atoms with Crippen LogP contribution in [0.15, 0.2) is 36.4 Å². The topological polar surface area (TPSA) is 64.3 Å². The second-order valence-corrected chi connectivity index (χ2v) is 4.44. The number of nitrogens with two attached hydrogens (primary N) is 1. The van der Waals surface area contributed by atoms with Crippen molar-refractivity contribution in [3.05, 3.63) is 52.8 Å². The molecule has 0 aliphatic rings. The standard InChI is InChI=1S/C14H12ClFN2O2/c1-20-13-6-8(2-4-11(13)17)14(19)18-12-5-3-9(16)7-10(12)15/h2-7H,17H2,1H3,(H,18,19). The summed E-state index contributed by atoms with van der Waals surface area (Å²) in [6.45, 7) is 0. The number of hydrogen-bond acceptors (Lipinski definition) is 3. The van der Waals surface area contributed by atoms with Gasteiger partial charge in [-0.15, -0.1) is 0 Å². The molecule has 0 radical (unpaired) electrons. The number of carbonyl (C=O) groups excluding carboxylic acids is 1. The Morgan fingerprint density at radius 2 is 2.05 bits per heavy atom. The number of nitrogens with one attached hydrogen (secondary N) is 1. The number of ether oxygens (including phenoxy) is 1. The Morgan fingerprint density at radius 1 is 1.30 bits per heavy atom. The van der Waals surface area contributed by atoms with E-state index in [1.807, 2.05) is 0 Å². The zero-order valence-corrected chi connectivity index (χ0v) is 11.4. The zero-order chi connectivity index (χ0) is 14.7. The van der Waals surface area contributed by atoms with Crippen molar-refractivity contribution in [3.63, 3.8) is 0 Å². The summed E-state index contributed by atoms with van der Waals surface area (Å²) < 4.78 is 18.0. The fourth-order valence-electron chi connectivity index (χ4n) is 1.64. The third-order valence-corrected chi connectivity index (χ3v) is 2.99. The average Bonchev–Trinajstić information content (AvgIpc) is 2.42. The van der Waals surface area contributed by atoms with Crippen molar-refractivity contribution in [2.24, 2.45) is 0 Å². The second-order valence-electron chi connectivity index (χ2n) is 4.04. The molecule has 0 saturated heterocycles. The Kier molecular flexibility index (Phi) is 4.10. The summed E-state index contributed by atoms with van der Waals surface area (Å²) in [6, 6.07) is 8.38. The van der Waals surface area contributed by atoms with Crippen LogP contribution < -0.4 is 15.8 Å². The number of benzene rings is 2. The smallest absolute Gasteiger partial charge is 0.255 e. The van der Waals surface area contributed by atoms with Crippen LogP contribution in [0.25, 0.3) is 0 Å². The quantitative estimate of drug-likeness (QED) is 0.854. The maximum absolute atomic E-state index is 12.9. The lowest BCUT2D eigenvalue weighted by Crippen LogP contribution is -2.12. The number of nitrogen functional groups attached to an aromatic ring is 1. The molecule has 20 heavy (non-hydrogen) atoms. The molecule has 6 heteroatoms. The van der Waals surface area contributed by atoms with Crippen molar-refractivity contribution < 1.29 is 13.9 Å². The minimum absolute atomic E-state index is 0.126. The molecular formula is C14H12ClFN2O2. The highest BCUT2D eigenvalue weighted by Crippen LogP contribution is 2.25. The fraction of sp³-hybridized carbons (Fsp3) is 0.0714. The summed E-state index contributed by atoms with van der Waals surface area (Å²) in [7, 11) is 1.46. The molecule has 0 aromatic heterocycles. The molecule has 0 atom stereocenters. The molecule has 104 valence electrons. The van der Waals surface area contributed by atoms with Gasteiger partial charge in [-0.25, -0.2) is 4.39 Å². The number of hydrogen-bond donors (Lipinski definition) is 2. The van der Waals surface area contributed by atoms with Gasteiger partial charge in [-0.3, -0.25) is 4.79 Å². The Hall–Kier alpha value is -2.27. The van der Waals surface area contributed by atoms with Crippen LogP contribution in [-0.4, -0.2) is 13.0 Å². The average molecular weight is 295 g/mol. The number of carbonyl (C=O) groups is 1. The van der Waals surface area contributed by atoms with E-state index in [9.17, 15) is 9.18 Å². The number of amides is 1. The van der Waals surface area contributed by atoms with Gasteiger partial charge in [0.2, 0.25) is 0 Å². The lowest BCUT2D eigenvalue weighted by atomic mass is 10.1. The summed E-state index contributed by atoms with van der Waals surface area (Å²) in [6.07, 6.45) is 0. The first-order valence-corrected chi connectivity index (χ1v) is 6.09. The molecule has 0 heterocycles. The highest BCUT2D eigenvalue weighted by atomic mass is 35.5. The van der Waals surface area contributed by atoms with Crippen LogP contribution >= 0.6 is 11.6 Å². The Labute approximate surface area is 120 Å². The Balaban J connectivity index is 2.24. The molecule has 1 amide bonds. The highest BCUT2D eigenvalue weighted by molar-refractivity contribution is 6.33. The van der Waals surface area contributed by atoms with Crippen LogP contribution in [0, 0.1) is 5.82 Å². The van der Waals surface area contributed by atoms with Gasteiger partial charge in [-0.05, 0) is 36.4 Å². The molecule has 0 aliphatic heterocycles. The molecule has 0 fully saturated rings. The minimum Gasteiger partial charge on any atom is -0.495 e. The maximum Gasteiger partial charge on any atom is 0.255 e. The normalized spacial score (nSPS) is 10.2. The van der Waals surface area contributed by atoms with Gasteiger partial charge in [0.15, 0.2) is 0 Å². The maximum atomic E-state index is 12.9. The second kappa shape index (κ2) is 5.79. The number of halogens is 2. The van der Waals surface area contributed by atoms with Crippen LogP contribution in [0.2, 0.25) is 5.02 Å². The van der Waals surface area contributed by atoms with Gasteiger partial charge in [-0.2, -0.15) is 0 Å². The molecule has 3 N–H and O–H groups in total. The van der Waals surface area contributed by atoms with Crippen LogP contribution in [0.1, 0.15) is 10.4 Å². The summed E-state index contributed by atoms with van der Waals surface area (Å²) in [5.74, 6) is -0.457. The molecule has 0 spiro atoms. The summed E-state index contributed by atoms with van der Waals surface area (Å²) in [4.78, 5) is 12.1. The molecule has 0 unspecified atom stereocenters. The van der Waals surface area contributed by atoms with Crippen LogP contribution in [0.3, 0.4) is 0 Å². The first-order valence-electron chi connectivity index (χ1n) is 5.71. The minimum atomic E-state index is -0.470. The van der Waals surface area contributed by atoms with E-state index < -0.39 is 11.7 Å². The van der Waals surface area contributed by atoms with Crippen LogP contribution in [0.5, 0.6) is 5.75 Å². The van der Waals surface area contributed by atoms with Crippen molar-refractivity contribution in [2.45, 2.75) is 0 Å². The largest absolute Gasteiger partial charge is 0.495 e. The molecule has 2 rings (SSSR count). The van der Waals surface area contributed by atoms with Gasteiger partial charge in [0.25, 0.3) is 5.91 Å². The van der Waals surface area contributed by atoms with Gasteiger partial charge in [0.05, 0.1) is 23.5 Å². The van der Waals surface area contributed by atoms with E-state index in [0.717, 1.165) is 6.07 Å². The Morgan fingerprint density at radius 3 is 2.70 bits per heavy atom. The summed E-state index contributed by atoms with van der Waals surface area (Å²) in [5, 5.41) is 2.72. The fourth-order valence-corrected chi connectivity index (χ4v) is 1.85. The molecule has 0 aliphatic carbocycles. The monoisotopic (exact) mass is 294 g/mol. The highest BCUT2D eigenvalue weighted by Gasteiger charge is 2.11. The van der Waals surface area contributed by atoms with Crippen molar-refractivity contribution in [1.29, 1.82) is 0 Å². The number of rotatable bonds is 3. The predicted octanol–water partition coefficient (Wildman–Crippen LogP) is 3.32. The summed E-state index contributed by atoms with van der Waals surface area (Å²) in [5.41, 5.74) is 6.79. The van der Waals surface area contributed by atoms with Gasteiger partial charge in [-0.1, -0.05) is 11.6 Å². The third-order valence-electron chi connectivity index (χ3n) is 2.67. The van der Waals surface area contributed by atoms with E-state index >= 15 is 0 Å². The van der Waals surface area contributed by atoms with Gasteiger partial charge < -0.3 is 15.8 Å². The van der Waals surface area contributed by atoms with E-state index in [0.29, 0.717) is 22.7 Å². The first kappa shape index (κ1) is 14.1. The van der Waals surface area contributed by atoms with E-state index in [-0.39, 0.29) is 5.02 Å². The van der Waals surface area contributed by atoms with Crippen molar-refractivity contribution in [1.82, 2.24) is 0 Å². The van der Waals surface area contributed by atoms with E-state index in [4.69, 9.17) is 22.1 Å². The van der Waals surface area contributed by atoms with Crippen molar-refractivity contribution in [3.8, 4) is 5.75 Å². The summed E-state index contributed by atoms with van der Waals surface area (Å²) >= 11 is 5.85. The molecule has 2 aromatic rings.